The van der Waals surface area contributed by atoms with Gasteiger partial charge in [-0.05, 0) is 54.4 Å². The van der Waals surface area contributed by atoms with Crippen LogP contribution in [-0.4, -0.2) is 35.3 Å². The van der Waals surface area contributed by atoms with Crippen molar-refractivity contribution in [3.05, 3.63) is 121 Å². The average Bonchev–Trinajstić information content (AvgIpc) is 3.64. The Morgan fingerprint density at radius 1 is 1.07 bits per heavy atom. The van der Waals surface area contributed by atoms with Gasteiger partial charge in [-0.3, -0.25) is 9.36 Å². The molecule has 6 rings (SSSR count). The molecule has 0 saturated heterocycles. The molecule has 3 heterocycles. The number of methoxy groups -OCH3 is 1. The maximum Gasteiger partial charge on any atom is 0.338 e. The molecule has 0 unspecified atom stereocenters. The Labute approximate surface area is 262 Å². The van der Waals surface area contributed by atoms with Crippen molar-refractivity contribution in [1.29, 1.82) is 0 Å². The molecule has 2 aromatic heterocycles. The van der Waals surface area contributed by atoms with E-state index in [-0.39, 0.29) is 17.7 Å². The number of carbonyl (C=O) groups is 2. The number of rotatable bonds is 9. The third-order valence-electron chi connectivity index (χ3n) is 7.61. The number of aromatic carboxylic acids is 1. The van der Waals surface area contributed by atoms with E-state index in [0.717, 1.165) is 17.2 Å². The van der Waals surface area contributed by atoms with Crippen LogP contribution >= 0.6 is 11.3 Å². The predicted octanol–water partition coefficient (Wildman–Crippen LogP) is 5.70. The van der Waals surface area contributed by atoms with Crippen molar-refractivity contribution in [3.8, 4) is 17.1 Å². The van der Waals surface area contributed by atoms with Crippen LogP contribution in [0.3, 0.4) is 0 Å². The predicted molar refractivity (Wildman–Crippen MR) is 171 cm³/mol. The normalized spacial score (nSPS) is 14.7. The van der Waals surface area contributed by atoms with Crippen LogP contribution in [0.1, 0.15) is 54.4 Å². The number of aromatic nitrogens is 1. The van der Waals surface area contributed by atoms with Gasteiger partial charge < -0.3 is 19.0 Å². The van der Waals surface area contributed by atoms with E-state index in [1.807, 2.05) is 43.3 Å². The Hall–Kier alpha value is -5.22. The van der Waals surface area contributed by atoms with E-state index in [1.165, 1.54) is 23.5 Å². The SMILES string of the molecule is CCCC1=C(C(=O)OCC)[C@H](c2c(OC)ccc3ccccc23)n2c(s/c(=C\c3ccc(-c4cccc(C(=O)O)c4)o3)c2=O)=N1. The van der Waals surface area contributed by atoms with E-state index in [4.69, 9.17) is 18.9 Å². The van der Waals surface area contributed by atoms with E-state index in [1.54, 1.807) is 48.9 Å². The van der Waals surface area contributed by atoms with Gasteiger partial charge in [0.25, 0.3) is 5.56 Å². The standard InChI is InChI=1S/C35H30N2O7S/c1-4-9-25-30(34(41)43-5-2)31(29-24-13-7-6-10-20(24)14-16-27(29)42-3)37-32(38)28(45-35(37)36-25)19-23-15-17-26(44-23)21-11-8-12-22(18-21)33(39)40/h6-8,10-19,31H,4-5,9H2,1-3H3,(H,39,40)/b28-19-/t31-/m0/s1. The van der Waals surface area contributed by atoms with Gasteiger partial charge in [-0.25, -0.2) is 14.6 Å². The van der Waals surface area contributed by atoms with Crippen LogP contribution in [0.15, 0.2) is 98.3 Å². The van der Waals surface area contributed by atoms with Crippen molar-refractivity contribution >= 4 is 40.1 Å². The molecule has 1 aliphatic rings. The summed E-state index contributed by atoms with van der Waals surface area (Å²) in [5, 5.41) is 11.2. The number of carboxylic acids is 1. The molecule has 0 radical (unpaired) electrons. The summed E-state index contributed by atoms with van der Waals surface area (Å²) >= 11 is 1.21. The molecule has 0 amide bonds. The number of carboxylic acid groups (broad SMARTS) is 1. The van der Waals surface area contributed by atoms with Gasteiger partial charge in [0.2, 0.25) is 0 Å². The number of hydrogen-bond donors (Lipinski definition) is 1. The van der Waals surface area contributed by atoms with Crippen molar-refractivity contribution in [2.45, 2.75) is 32.7 Å². The second kappa shape index (κ2) is 12.4. The van der Waals surface area contributed by atoms with Crippen molar-refractivity contribution in [3.63, 3.8) is 0 Å². The van der Waals surface area contributed by atoms with Gasteiger partial charge in [-0.2, -0.15) is 0 Å². The summed E-state index contributed by atoms with van der Waals surface area (Å²) in [4.78, 5) is 44.7. The fourth-order valence-electron chi connectivity index (χ4n) is 5.65. The highest BCUT2D eigenvalue weighted by atomic mass is 32.1. The molecule has 1 aliphatic heterocycles. The first kappa shape index (κ1) is 29.8. The molecule has 0 spiro atoms. The lowest BCUT2D eigenvalue weighted by Crippen LogP contribution is -2.40. The van der Waals surface area contributed by atoms with Crippen molar-refractivity contribution in [2.75, 3.05) is 13.7 Å². The van der Waals surface area contributed by atoms with Gasteiger partial charge in [-0.1, -0.05) is 67.1 Å². The number of esters is 1. The Morgan fingerprint density at radius 3 is 2.64 bits per heavy atom. The molecular weight excluding hydrogens is 592 g/mol. The lowest BCUT2D eigenvalue weighted by atomic mass is 9.90. The topological polar surface area (TPSA) is 120 Å². The van der Waals surface area contributed by atoms with E-state index in [2.05, 4.69) is 0 Å². The molecular formula is C35H30N2O7S. The zero-order chi connectivity index (χ0) is 31.7. The van der Waals surface area contributed by atoms with Crippen LogP contribution < -0.4 is 19.6 Å². The second-order valence-corrected chi connectivity index (χ2v) is 11.4. The van der Waals surface area contributed by atoms with Gasteiger partial charge >= 0.3 is 11.9 Å². The fourth-order valence-corrected chi connectivity index (χ4v) is 6.65. The summed E-state index contributed by atoms with van der Waals surface area (Å²) in [6, 6.07) is 20.6. The number of benzene rings is 3. The summed E-state index contributed by atoms with van der Waals surface area (Å²) in [6.07, 6.45) is 2.88. The Morgan fingerprint density at radius 2 is 1.89 bits per heavy atom. The molecule has 10 heteroatoms. The van der Waals surface area contributed by atoms with Crippen LogP contribution in [-0.2, 0) is 9.53 Å². The largest absolute Gasteiger partial charge is 0.496 e. The minimum atomic E-state index is -1.04. The molecule has 5 aromatic rings. The van der Waals surface area contributed by atoms with Gasteiger partial charge in [0.1, 0.15) is 23.3 Å². The minimum Gasteiger partial charge on any atom is -0.496 e. The Bertz CT molecular complexity index is 2170. The second-order valence-electron chi connectivity index (χ2n) is 10.4. The number of thiazole rings is 1. The maximum absolute atomic E-state index is 14.3. The zero-order valence-corrected chi connectivity index (χ0v) is 25.7. The lowest BCUT2D eigenvalue weighted by Gasteiger charge is -2.28. The number of hydrogen-bond acceptors (Lipinski definition) is 8. The number of carbonyl (C=O) groups excluding carboxylic acids is 1. The summed E-state index contributed by atoms with van der Waals surface area (Å²) in [7, 11) is 1.57. The number of allylic oxidation sites excluding steroid dienone is 1. The molecule has 0 fully saturated rings. The van der Waals surface area contributed by atoms with E-state index in [9.17, 15) is 19.5 Å². The minimum absolute atomic E-state index is 0.142. The van der Waals surface area contributed by atoms with Crippen LogP contribution in [0.2, 0.25) is 0 Å². The summed E-state index contributed by atoms with van der Waals surface area (Å²) in [5.41, 5.74) is 1.95. The van der Waals surface area contributed by atoms with Crippen LogP contribution in [0.25, 0.3) is 28.2 Å². The van der Waals surface area contributed by atoms with Gasteiger partial charge in [0.05, 0.1) is 35.1 Å². The first-order chi connectivity index (χ1) is 21.8. The van der Waals surface area contributed by atoms with E-state index in [0.29, 0.717) is 55.4 Å². The maximum atomic E-state index is 14.3. The summed E-state index contributed by atoms with van der Waals surface area (Å²) in [5.74, 6) is -0.156. The highest BCUT2D eigenvalue weighted by molar-refractivity contribution is 7.07. The third kappa shape index (κ3) is 5.49. The quantitative estimate of drug-likeness (QED) is 0.210. The van der Waals surface area contributed by atoms with Crippen molar-refractivity contribution in [1.82, 2.24) is 4.57 Å². The smallest absolute Gasteiger partial charge is 0.338 e. The zero-order valence-electron chi connectivity index (χ0n) is 24.9. The van der Waals surface area contributed by atoms with Gasteiger partial charge in [0.15, 0.2) is 4.80 Å². The highest BCUT2D eigenvalue weighted by Crippen LogP contribution is 2.41. The monoisotopic (exact) mass is 622 g/mol. The highest BCUT2D eigenvalue weighted by Gasteiger charge is 2.37. The number of nitrogens with zero attached hydrogens (tertiary/aromatic N) is 2. The lowest BCUT2D eigenvalue weighted by molar-refractivity contribution is -0.139. The van der Waals surface area contributed by atoms with E-state index >= 15 is 0 Å². The van der Waals surface area contributed by atoms with E-state index < -0.39 is 18.0 Å². The molecule has 0 aliphatic carbocycles. The molecule has 1 atom stereocenters. The molecule has 45 heavy (non-hydrogen) atoms. The molecule has 0 saturated carbocycles. The molecule has 228 valence electrons. The average molecular weight is 623 g/mol. The third-order valence-corrected chi connectivity index (χ3v) is 8.59. The van der Waals surface area contributed by atoms with Crippen LogP contribution in [0.4, 0.5) is 0 Å². The first-order valence-electron chi connectivity index (χ1n) is 14.6. The molecule has 3 aromatic carbocycles. The van der Waals surface area contributed by atoms with Gasteiger partial charge in [0, 0.05) is 17.2 Å². The van der Waals surface area contributed by atoms with Crippen LogP contribution in [0, 0.1) is 0 Å². The number of fused-ring (bicyclic) bond motifs is 2. The molecule has 0 bridgehead atoms. The molecule has 9 nitrogen and oxygen atoms in total. The van der Waals surface area contributed by atoms with Gasteiger partial charge in [-0.15, -0.1) is 0 Å². The number of ether oxygens (including phenoxy) is 2. The van der Waals surface area contributed by atoms with Crippen LogP contribution in [0.5, 0.6) is 5.75 Å². The summed E-state index contributed by atoms with van der Waals surface area (Å²) < 4.78 is 19.3. The molecule has 1 N–H and O–H groups in total. The Kier molecular flexibility index (Phi) is 8.23. The van der Waals surface area contributed by atoms with Crippen molar-refractivity contribution < 1.29 is 28.6 Å². The first-order valence-corrected chi connectivity index (χ1v) is 15.4. The fraction of sp³-hybridized carbons (Fsp3) is 0.200. The van der Waals surface area contributed by atoms with Crippen molar-refractivity contribution in [2.24, 2.45) is 4.99 Å². The summed E-state index contributed by atoms with van der Waals surface area (Å²) in [6.45, 7) is 3.92. The number of furan rings is 1. The Balaban J connectivity index is 1.58.